The maximum absolute atomic E-state index is 12.3. The quantitative estimate of drug-likeness (QED) is 0.804. The van der Waals surface area contributed by atoms with Gasteiger partial charge in [0.25, 0.3) is 5.91 Å². The Kier molecular flexibility index (Phi) is 3.01. The zero-order valence-corrected chi connectivity index (χ0v) is 12.8. The summed E-state index contributed by atoms with van der Waals surface area (Å²) < 4.78 is 8.32. The summed E-state index contributed by atoms with van der Waals surface area (Å²) >= 11 is 2.88. The molecule has 4 nitrogen and oxygen atoms in total. The molecule has 1 aliphatic rings. The molecule has 6 heteroatoms. The number of nitrogens with one attached hydrogen (secondary N) is 1. The van der Waals surface area contributed by atoms with Gasteiger partial charge in [0.05, 0.1) is 11.7 Å². The van der Waals surface area contributed by atoms with Gasteiger partial charge in [0.1, 0.15) is 11.0 Å². The van der Waals surface area contributed by atoms with Crippen molar-refractivity contribution < 1.29 is 4.79 Å². The Morgan fingerprint density at radius 3 is 2.86 bits per heavy atom. The smallest absolute Gasteiger partial charge is 0.251 e. The van der Waals surface area contributed by atoms with Crippen LogP contribution in [0.3, 0.4) is 0 Å². The molecule has 0 atom stereocenters. The third-order valence-corrected chi connectivity index (χ3v) is 5.33. The van der Waals surface area contributed by atoms with Crippen LogP contribution in [0.2, 0.25) is 0 Å². The molecule has 1 aromatic carbocycles. The Hall–Kier alpha value is -1.79. The highest BCUT2D eigenvalue weighted by Gasteiger charge is 2.44. The Morgan fingerprint density at radius 2 is 2.10 bits per heavy atom. The lowest BCUT2D eigenvalue weighted by molar-refractivity contribution is 0.0950. The van der Waals surface area contributed by atoms with Crippen LogP contribution < -0.4 is 5.32 Å². The predicted molar refractivity (Wildman–Crippen MR) is 85.0 cm³/mol. The summed E-state index contributed by atoms with van der Waals surface area (Å²) in [4.78, 5) is 12.3. The molecule has 1 saturated carbocycles. The number of rotatable bonds is 4. The van der Waals surface area contributed by atoms with E-state index in [0.717, 1.165) is 23.9 Å². The fourth-order valence-electron chi connectivity index (χ4n) is 2.56. The largest absolute Gasteiger partial charge is 0.351 e. The normalized spacial score (nSPS) is 16.0. The standard InChI is InChI=1S/C15H13N3OS2/c19-14(10-1-2-12-13(7-10)18-21-17-12)16-9-15(4-5-15)11-3-6-20-8-11/h1-3,6-8H,4-5,9H2,(H,16,19). The number of aromatic nitrogens is 2. The van der Waals surface area contributed by atoms with Gasteiger partial charge in [-0.1, -0.05) is 0 Å². The van der Waals surface area contributed by atoms with E-state index < -0.39 is 0 Å². The minimum absolute atomic E-state index is 0.0357. The number of fused-ring (bicyclic) bond motifs is 1. The first-order valence-electron chi connectivity index (χ1n) is 6.80. The number of hydrogen-bond acceptors (Lipinski definition) is 5. The van der Waals surface area contributed by atoms with Crippen molar-refractivity contribution in [1.29, 1.82) is 0 Å². The Balaban J connectivity index is 1.48. The summed E-state index contributed by atoms with van der Waals surface area (Å²) in [6, 6.07) is 7.62. The molecule has 0 radical (unpaired) electrons. The lowest BCUT2D eigenvalue weighted by Gasteiger charge is -2.14. The highest BCUT2D eigenvalue weighted by molar-refractivity contribution is 7.08. The molecule has 1 amide bonds. The van der Waals surface area contributed by atoms with E-state index in [1.807, 2.05) is 12.1 Å². The van der Waals surface area contributed by atoms with Crippen molar-refractivity contribution in [2.45, 2.75) is 18.3 Å². The highest BCUT2D eigenvalue weighted by Crippen LogP contribution is 2.48. The van der Waals surface area contributed by atoms with Crippen LogP contribution in [0.4, 0.5) is 0 Å². The monoisotopic (exact) mass is 315 g/mol. The highest BCUT2D eigenvalue weighted by atomic mass is 32.1. The second kappa shape index (κ2) is 4.89. The molecule has 0 unspecified atom stereocenters. The number of carbonyl (C=O) groups excluding carboxylic acids is 1. The van der Waals surface area contributed by atoms with Crippen LogP contribution >= 0.6 is 23.1 Å². The minimum atomic E-state index is -0.0357. The molecule has 1 N–H and O–H groups in total. The molecule has 0 aliphatic heterocycles. The molecule has 0 saturated heterocycles. The summed E-state index contributed by atoms with van der Waals surface area (Å²) in [5.41, 5.74) is 3.80. The molecule has 2 heterocycles. The van der Waals surface area contributed by atoms with Crippen LogP contribution in [-0.2, 0) is 5.41 Å². The second-order valence-electron chi connectivity index (χ2n) is 5.44. The van der Waals surface area contributed by atoms with Crippen LogP contribution in [0.15, 0.2) is 35.0 Å². The molecule has 0 bridgehead atoms. The first-order chi connectivity index (χ1) is 10.3. The topological polar surface area (TPSA) is 54.9 Å². The van der Waals surface area contributed by atoms with Crippen LogP contribution in [-0.4, -0.2) is 21.2 Å². The van der Waals surface area contributed by atoms with Gasteiger partial charge in [-0.3, -0.25) is 4.79 Å². The third-order valence-electron chi connectivity index (χ3n) is 4.09. The molecular formula is C15H13N3OS2. The molecule has 106 valence electrons. The maximum Gasteiger partial charge on any atom is 0.251 e. The van der Waals surface area contributed by atoms with Gasteiger partial charge in [0, 0.05) is 17.5 Å². The summed E-state index contributed by atoms with van der Waals surface area (Å²) in [6.07, 6.45) is 2.30. The van der Waals surface area contributed by atoms with Crippen molar-refractivity contribution in [3.8, 4) is 0 Å². The lowest BCUT2D eigenvalue weighted by Crippen LogP contribution is -2.32. The van der Waals surface area contributed by atoms with E-state index in [9.17, 15) is 4.79 Å². The third kappa shape index (κ3) is 2.34. The predicted octanol–water partition coefficient (Wildman–Crippen LogP) is 3.21. The van der Waals surface area contributed by atoms with E-state index in [0.29, 0.717) is 12.1 Å². The Morgan fingerprint density at radius 1 is 1.24 bits per heavy atom. The number of thiophene rings is 1. The summed E-state index contributed by atoms with van der Waals surface area (Å²) in [5.74, 6) is -0.0357. The summed E-state index contributed by atoms with van der Waals surface area (Å²) in [7, 11) is 0. The Labute approximate surface area is 130 Å². The van der Waals surface area contributed by atoms with Crippen molar-refractivity contribution in [3.05, 3.63) is 46.2 Å². The van der Waals surface area contributed by atoms with Gasteiger partial charge in [-0.05, 0) is 53.4 Å². The molecule has 21 heavy (non-hydrogen) atoms. The van der Waals surface area contributed by atoms with Crippen molar-refractivity contribution in [1.82, 2.24) is 14.1 Å². The van der Waals surface area contributed by atoms with Gasteiger partial charge in [-0.2, -0.15) is 20.1 Å². The van der Waals surface area contributed by atoms with E-state index >= 15 is 0 Å². The molecule has 2 aromatic heterocycles. The number of nitrogens with zero attached hydrogens (tertiary/aromatic N) is 2. The fourth-order valence-corrected chi connectivity index (χ4v) is 3.86. The average Bonchev–Trinajstić information content (AvgIpc) is 2.96. The maximum atomic E-state index is 12.3. The van der Waals surface area contributed by atoms with Crippen molar-refractivity contribution in [2.75, 3.05) is 6.54 Å². The van der Waals surface area contributed by atoms with Crippen LogP contribution in [0.5, 0.6) is 0 Å². The molecule has 1 fully saturated rings. The SMILES string of the molecule is O=C(NCC1(c2ccsc2)CC1)c1ccc2nsnc2c1. The molecule has 3 aromatic rings. The molecule has 1 aliphatic carbocycles. The van der Waals surface area contributed by atoms with Crippen molar-refractivity contribution in [3.63, 3.8) is 0 Å². The molecular weight excluding hydrogens is 302 g/mol. The van der Waals surface area contributed by atoms with E-state index in [-0.39, 0.29) is 11.3 Å². The average molecular weight is 315 g/mol. The second-order valence-corrected chi connectivity index (χ2v) is 6.75. The fraction of sp³-hybridized carbons (Fsp3) is 0.267. The first-order valence-corrected chi connectivity index (χ1v) is 8.47. The minimum Gasteiger partial charge on any atom is -0.351 e. The zero-order chi connectivity index (χ0) is 14.3. The summed E-state index contributed by atoms with van der Waals surface area (Å²) in [5, 5.41) is 7.35. The van der Waals surface area contributed by atoms with E-state index in [4.69, 9.17) is 0 Å². The van der Waals surface area contributed by atoms with Crippen LogP contribution in [0.1, 0.15) is 28.8 Å². The number of hydrogen-bond donors (Lipinski definition) is 1. The zero-order valence-electron chi connectivity index (χ0n) is 11.2. The Bertz CT molecular complexity index is 790. The van der Waals surface area contributed by atoms with Gasteiger partial charge >= 0.3 is 0 Å². The lowest BCUT2D eigenvalue weighted by atomic mass is 9.99. The van der Waals surface area contributed by atoms with E-state index in [1.165, 1.54) is 17.3 Å². The number of amides is 1. The summed E-state index contributed by atoms with van der Waals surface area (Å²) in [6.45, 7) is 0.704. The van der Waals surface area contributed by atoms with Crippen LogP contribution in [0.25, 0.3) is 11.0 Å². The first kappa shape index (κ1) is 12.9. The van der Waals surface area contributed by atoms with E-state index in [1.54, 1.807) is 17.4 Å². The molecule has 4 rings (SSSR count). The van der Waals surface area contributed by atoms with E-state index in [2.05, 4.69) is 30.9 Å². The van der Waals surface area contributed by atoms with Gasteiger partial charge in [0.15, 0.2) is 0 Å². The van der Waals surface area contributed by atoms with Gasteiger partial charge < -0.3 is 5.32 Å². The van der Waals surface area contributed by atoms with Gasteiger partial charge in [-0.25, -0.2) is 0 Å². The van der Waals surface area contributed by atoms with Crippen molar-refractivity contribution >= 4 is 40.0 Å². The number of benzene rings is 1. The van der Waals surface area contributed by atoms with Gasteiger partial charge in [-0.15, -0.1) is 0 Å². The van der Waals surface area contributed by atoms with Gasteiger partial charge in [0.2, 0.25) is 0 Å². The number of carbonyl (C=O) groups is 1. The van der Waals surface area contributed by atoms with Crippen molar-refractivity contribution in [2.24, 2.45) is 0 Å². The van der Waals surface area contributed by atoms with Crippen LogP contribution in [0, 0.1) is 0 Å². The molecule has 0 spiro atoms.